The summed E-state index contributed by atoms with van der Waals surface area (Å²) in [7, 11) is 1.96. The molecule has 4 fully saturated rings. The van der Waals surface area contributed by atoms with Gasteiger partial charge < -0.3 is 0 Å². The molecule has 4 saturated carbocycles. The molecule has 1 N–H and O–H groups in total. The van der Waals surface area contributed by atoms with E-state index in [1.807, 2.05) is 11.7 Å². The molecule has 0 saturated heterocycles. The monoisotopic (exact) mass is 263 g/mol. The third-order valence-electron chi connectivity index (χ3n) is 5.52. The van der Waals surface area contributed by atoms with Gasteiger partial charge in [0.1, 0.15) is 5.82 Å². The molecule has 98 valence electrons. The standard InChI is InChI=1S/C14H21N3S/c1-17-13(18)15-12(16-17)8-14-5-9-2-10(6-14)4-11(3-9)7-14/h9-11H,2-8H2,1H3,(H,15,16,18). The first-order valence-corrected chi connectivity index (χ1v) is 7.65. The van der Waals surface area contributed by atoms with E-state index in [0.717, 1.165) is 30.0 Å². The van der Waals surface area contributed by atoms with Crippen LogP contribution in [0.25, 0.3) is 0 Å². The second-order valence-corrected chi connectivity index (χ2v) is 7.47. The molecule has 0 atom stereocenters. The van der Waals surface area contributed by atoms with Crippen molar-refractivity contribution in [1.82, 2.24) is 14.8 Å². The molecule has 1 aromatic heterocycles. The van der Waals surface area contributed by atoms with E-state index in [9.17, 15) is 0 Å². The average Bonchev–Trinajstić information content (AvgIpc) is 2.54. The van der Waals surface area contributed by atoms with Crippen molar-refractivity contribution in [2.45, 2.75) is 44.9 Å². The molecule has 0 radical (unpaired) electrons. The van der Waals surface area contributed by atoms with Crippen molar-refractivity contribution in [2.75, 3.05) is 0 Å². The molecule has 4 heteroatoms. The summed E-state index contributed by atoms with van der Waals surface area (Å²) < 4.78 is 2.56. The Labute approximate surface area is 113 Å². The first-order valence-electron chi connectivity index (χ1n) is 7.24. The summed E-state index contributed by atoms with van der Waals surface area (Å²) in [5, 5.41) is 3.32. The van der Waals surface area contributed by atoms with Gasteiger partial charge >= 0.3 is 0 Å². The summed E-state index contributed by atoms with van der Waals surface area (Å²) >= 11 is 5.20. The average molecular weight is 263 g/mol. The highest BCUT2D eigenvalue weighted by Gasteiger charge is 2.50. The molecule has 0 aliphatic heterocycles. The van der Waals surface area contributed by atoms with Crippen LogP contribution in [0.3, 0.4) is 0 Å². The van der Waals surface area contributed by atoms with Crippen LogP contribution >= 0.6 is 12.2 Å². The fraction of sp³-hybridized carbons (Fsp3) is 0.857. The van der Waals surface area contributed by atoms with E-state index in [2.05, 4.69) is 10.1 Å². The molecule has 18 heavy (non-hydrogen) atoms. The summed E-state index contributed by atoms with van der Waals surface area (Å²) in [6.45, 7) is 0. The van der Waals surface area contributed by atoms with E-state index >= 15 is 0 Å². The number of hydrogen-bond acceptors (Lipinski definition) is 2. The first kappa shape index (κ1) is 11.2. The smallest absolute Gasteiger partial charge is 0.215 e. The molecule has 0 spiro atoms. The summed E-state index contributed by atoms with van der Waals surface area (Å²) in [5.41, 5.74) is 0.557. The van der Waals surface area contributed by atoms with Gasteiger partial charge in [0.25, 0.3) is 0 Å². The third-order valence-corrected chi connectivity index (χ3v) is 5.89. The predicted octanol–water partition coefficient (Wildman–Crippen LogP) is 3.24. The lowest BCUT2D eigenvalue weighted by atomic mass is 9.49. The van der Waals surface area contributed by atoms with Gasteiger partial charge in [-0.1, -0.05) is 0 Å². The van der Waals surface area contributed by atoms with Crippen LogP contribution in [0.1, 0.15) is 44.3 Å². The topological polar surface area (TPSA) is 33.6 Å². The summed E-state index contributed by atoms with van der Waals surface area (Å²) in [5.74, 6) is 4.17. The second kappa shape index (κ2) is 3.69. The van der Waals surface area contributed by atoms with Gasteiger partial charge in [-0.25, -0.2) is 4.98 Å². The van der Waals surface area contributed by atoms with E-state index in [1.54, 1.807) is 0 Å². The number of aromatic nitrogens is 3. The number of aromatic amines is 1. The van der Waals surface area contributed by atoms with E-state index in [1.165, 1.54) is 38.5 Å². The van der Waals surface area contributed by atoms with Gasteiger partial charge in [-0.15, -0.1) is 0 Å². The molecule has 0 unspecified atom stereocenters. The van der Waals surface area contributed by atoms with Crippen LogP contribution in [-0.2, 0) is 13.5 Å². The van der Waals surface area contributed by atoms with Gasteiger partial charge in [0.15, 0.2) is 0 Å². The highest BCUT2D eigenvalue weighted by molar-refractivity contribution is 7.71. The van der Waals surface area contributed by atoms with Crippen molar-refractivity contribution in [2.24, 2.45) is 30.2 Å². The van der Waals surface area contributed by atoms with Crippen LogP contribution in [0.4, 0.5) is 0 Å². The van der Waals surface area contributed by atoms with Crippen LogP contribution in [0.5, 0.6) is 0 Å². The Hall–Kier alpha value is -0.640. The van der Waals surface area contributed by atoms with E-state index in [0.29, 0.717) is 10.2 Å². The SMILES string of the molecule is Cn1[nH]c(CC23CC4CC(CC(C4)C2)C3)nc1=S. The minimum Gasteiger partial charge on any atom is -0.283 e. The van der Waals surface area contributed by atoms with Crippen LogP contribution in [0.2, 0.25) is 0 Å². The van der Waals surface area contributed by atoms with Crippen molar-refractivity contribution >= 4 is 12.2 Å². The normalized spacial score (nSPS) is 41.5. The molecule has 0 amide bonds. The number of rotatable bonds is 2. The molecule has 1 aromatic rings. The minimum atomic E-state index is 0.557. The van der Waals surface area contributed by atoms with E-state index < -0.39 is 0 Å². The van der Waals surface area contributed by atoms with Gasteiger partial charge in [-0.3, -0.25) is 9.78 Å². The highest BCUT2D eigenvalue weighted by Crippen LogP contribution is 2.60. The lowest BCUT2D eigenvalue weighted by Crippen LogP contribution is -2.47. The lowest BCUT2D eigenvalue weighted by molar-refractivity contribution is -0.0531. The molecular weight excluding hydrogens is 242 g/mol. The quantitative estimate of drug-likeness (QED) is 0.831. The zero-order valence-electron chi connectivity index (χ0n) is 11.0. The van der Waals surface area contributed by atoms with E-state index in [-0.39, 0.29) is 0 Å². The maximum Gasteiger partial charge on any atom is 0.215 e. The maximum absolute atomic E-state index is 5.20. The van der Waals surface area contributed by atoms with Crippen molar-refractivity contribution < 1.29 is 0 Å². The largest absolute Gasteiger partial charge is 0.283 e. The highest BCUT2D eigenvalue weighted by atomic mass is 32.1. The van der Waals surface area contributed by atoms with Gasteiger partial charge in [-0.2, -0.15) is 0 Å². The fourth-order valence-corrected chi connectivity index (χ4v) is 5.55. The van der Waals surface area contributed by atoms with Gasteiger partial charge in [-0.05, 0) is 73.9 Å². The van der Waals surface area contributed by atoms with Crippen LogP contribution < -0.4 is 0 Å². The number of nitrogens with one attached hydrogen (secondary N) is 1. The summed E-state index contributed by atoms with van der Waals surface area (Å²) in [4.78, 5) is 4.51. The molecule has 4 aliphatic carbocycles. The van der Waals surface area contributed by atoms with Gasteiger partial charge in [0, 0.05) is 13.5 Å². The Morgan fingerprint density at radius 1 is 1.22 bits per heavy atom. The van der Waals surface area contributed by atoms with Crippen LogP contribution in [-0.4, -0.2) is 14.8 Å². The molecule has 1 heterocycles. The lowest BCUT2D eigenvalue weighted by Gasteiger charge is -2.56. The van der Waals surface area contributed by atoms with Gasteiger partial charge in [0.05, 0.1) is 0 Å². The number of H-pyrrole nitrogens is 1. The molecule has 3 nitrogen and oxygen atoms in total. The number of nitrogens with zero attached hydrogens (tertiary/aromatic N) is 2. The Bertz CT molecular complexity index is 492. The Morgan fingerprint density at radius 2 is 1.78 bits per heavy atom. The Balaban J connectivity index is 1.62. The number of aryl methyl sites for hydroxylation is 1. The molecule has 4 bridgehead atoms. The Morgan fingerprint density at radius 3 is 2.22 bits per heavy atom. The molecule has 0 aromatic carbocycles. The minimum absolute atomic E-state index is 0.557. The van der Waals surface area contributed by atoms with Crippen LogP contribution in [0.15, 0.2) is 0 Å². The van der Waals surface area contributed by atoms with Crippen molar-refractivity contribution in [3.05, 3.63) is 10.6 Å². The van der Waals surface area contributed by atoms with E-state index in [4.69, 9.17) is 12.2 Å². The Kier molecular flexibility index (Phi) is 2.30. The van der Waals surface area contributed by atoms with Crippen LogP contribution in [0, 0.1) is 27.9 Å². The van der Waals surface area contributed by atoms with Crippen molar-refractivity contribution in [3.63, 3.8) is 0 Å². The molecule has 5 rings (SSSR count). The zero-order chi connectivity index (χ0) is 12.3. The molecule has 4 aliphatic rings. The third kappa shape index (κ3) is 1.68. The summed E-state index contributed by atoms with van der Waals surface area (Å²) in [6, 6.07) is 0. The van der Waals surface area contributed by atoms with Crippen molar-refractivity contribution in [3.8, 4) is 0 Å². The first-order chi connectivity index (χ1) is 8.62. The number of hydrogen-bond donors (Lipinski definition) is 1. The zero-order valence-corrected chi connectivity index (χ0v) is 11.8. The molecular formula is C14H21N3S. The van der Waals surface area contributed by atoms with Gasteiger partial charge in [0.2, 0.25) is 4.77 Å². The second-order valence-electron chi connectivity index (χ2n) is 7.11. The predicted molar refractivity (Wildman–Crippen MR) is 72.7 cm³/mol. The van der Waals surface area contributed by atoms with Crippen molar-refractivity contribution in [1.29, 1.82) is 0 Å². The maximum atomic E-state index is 5.20. The summed E-state index contributed by atoms with van der Waals surface area (Å²) in [6.07, 6.45) is 9.98. The fourth-order valence-electron chi connectivity index (χ4n) is 5.40.